The van der Waals surface area contributed by atoms with E-state index in [2.05, 4.69) is 0 Å². The van der Waals surface area contributed by atoms with Gasteiger partial charge in [-0.2, -0.15) is 0 Å². The smallest absolute Gasteiger partial charge is 0.184 e. The lowest BCUT2D eigenvalue weighted by Gasteiger charge is -2.19. The van der Waals surface area contributed by atoms with Crippen LogP contribution in [0.15, 0.2) is 0 Å². The van der Waals surface area contributed by atoms with Crippen LogP contribution in [0.4, 0.5) is 0 Å². The lowest BCUT2D eigenvalue weighted by Crippen LogP contribution is -2.29. The van der Waals surface area contributed by atoms with Crippen molar-refractivity contribution in [3.05, 3.63) is 0 Å². The first-order valence-electron chi connectivity index (χ1n) is 3.74. The van der Waals surface area contributed by atoms with Crippen LogP contribution in [0.2, 0.25) is 0 Å². The van der Waals surface area contributed by atoms with E-state index in [9.17, 15) is 5.11 Å². The third-order valence-electron chi connectivity index (χ3n) is 1.93. The zero-order chi connectivity index (χ0) is 8.06. The third-order valence-corrected chi connectivity index (χ3v) is 1.93. The van der Waals surface area contributed by atoms with Crippen LogP contribution in [0.5, 0.6) is 0 Å². The maximum absolute atomic E-state index is 9.20. The molecule has 0 radical (unpaired) electrons. The van der Waals surface area contributed by atoms with Gasteiger partial charge < -0.3 is 19.3 Å². The molecule has 2 heterocycles. The van der Waals surface area contributed by atoms with Gasteiger partial charge in [0, 0.05) is 0 Å². The molecule has 2 aliphatic rings. The van der Waals surface area contributed by atoms with E-state index in [4.69, 9.17) is 14.2 Å². The number of aliphatic hydroxyl groups is 1. The summed E-state index contributed by atoms with van der Waals surface area (Å²) in [5, 5.41) is 9.20. The minimum Gasteiger partial charge on any atom is -0.366 e. The first-order valence-corrected chi connectivity index (χ1v) is 3.74. The fourth-order valence-electron chi connectivity index (χ4n) is 1.52. The summed E-state index contributed by atoms with van der Waals surface area (Å²) in [4.78, 5) is 0. The summed E-state index contributed by atoms with van der Waals surface area (Å²) in [6, 6.07) is 0. The van der Waals surface area contributed by atoms with Crippen LogP contribution in [-0.4, -0.2) is 36.0 Å². The molecule has 0 amide bonds. The maximum Gasteiger partial charge on any atom is 0.184 e. The number of aliphatic hydroxyl groups excluding tert-OH is 1. The Balaban J connectivity index is 2.10. The molecular formula is C7H12O4. The SMILES string of the molecule is CC1(C)OC2CO[C@@H](O)[C@H]2O1. The highest BCUT2D eigenvalue weighted by Crippen LogP contribution is 2.33. The Kier molecular flexibility index (Phi) is 1.47. The summed E-state index contributed by atoms with van der Waals surface area (Å²) >= 11 is 0. The average Bonchev–Trinajstić information content (AvgIpc) is 2.31. The van der Waals surface area contributed by atoms with Gasteiger partial charge in [0.15, 0.2) is 12.1 Å². The molecule has 0 saturated carbocycles. The second-order valence-corrected chi connectivity index (χ2v) is 3.36. The van der Waals surface area contributed by atoms with Gasteiger partial charge in [-0.15, -0.1) is 0 Å². The van der Waals surface area contributed by atoms with Crippen LogP contribution in [0.25, 0.3) is 0 Å². The lowest BCUT2D eigenvalue weighted by molar-refractivity contribution is -0.205. The largest absolute Gasteiger partial charge is 0.366 e. The Bertz CT molecular complexity index is 168. The average molecular weight is 160 g/mol. The quantitative estimate of drug-likeness (QED) is 0.535. The molecule has 64 valence electrons. The fourth-order valence-corrected chi connectivity index (χ4v) is 1.52. The van der Waals surface area contributed by atoms with Crippen molar-refractivity contribution in [3.63, 3.8) is 0 Å². The van der Waals surface area contributed by atoms with Crippen molar-refractivity contribution in [2.75, 3.05) is 6.61 Å². The molecule has 4 heteroatoms. The van der Waals surface area contributed by atoms with E-state index in [0.29, 0.717) is 6.61 Å². The molecule has 1 N–H and O–H groups in total. The van der Waals surface area contributed by atoms with Gasteiger partial charge in [-0.1, -0.05) is 0 Å². The van der Waals surface area contributed by atoms with Crippen molar-refractivity contribution in [1.29, 1.82) is 0 Å². The fraction of sp³-hybridized carbons (Fsp3) is 1.00. The van der Waals surface area contributed by atoms with E-state index in [0.717, 1.165) is 0 Å². The monoisotopic (exact) mass is 160 g/mol. The first-order chi connectivity index (χ1) is 5.08. The molecule has 0 aromatic rings. The van der Waals surface area contributed by atoms with E-state index in [-0.39, 0.29) is 12.2 Å². The zero-order valence-electron chi connectivity index (χ0n) is 6.61. The Morgan fingerprint density at radius 2 is 2.09 bits per heavy atom. The van der Waals surface area contributed by atoms with Crippen molar-refractivity contribution in [2.24, 2.45) is 0 Å². The molecule has 2 rings (SSSR count). The Morgan fingerprint density at radius 1 is 1.36 bits per heavy atom. The van der Waals surface area contributed by atoms with Gasteiger partial charge in [-0.25, -0.2) is 0 Å². The second kappa shape index (κ2) is 2.17. The Labute approximate surface area is 65.1 Å². The zero-order valence-corrected chi connectivity index (χ0v) is 6.61. The van der Waals surface area contributed by atoms with Gasteiger partial charge in [-0.3, -0.25) is 0 Å². The molecule has 2 fully saturated rings. The Morgan fingerprint density at radius 3 is 2.73 bits per heavy atom. The molecule has 11 heavy (non-hydrogen) atoms. The van der Waals surface area contributed by atoms with Gasteiger partial charge in [0.2, 0.25) is 0 Å². The van der Waals surface area contributed by atoms with Gasteiger partial charge in [-0.05, 0) is 13.8 Å². The standard InChI is InChI=1S/C7H12O4/c1-7(2)10-4-3-9-6(8)5(4)11-7/h4-6,8H,3H2,1-2H3/t4?,5-,6+/m0/s1. The van der Waals surface area contributed by atoms with Gasteiger partial charge in [0.1, 0.15) is 12.2 Å². The van der Waals surface area contributed by atoms with E-state index in [1.807, 2.05) is 13.8 Å². The van der Waals surface area contributed by atoms with Crippen LogP contribution >= 0.6 is 0 Å². The minimum absolute atomic E-state index is 0.0972. The predicted octanol–water partition coefficient (Wildman–Crippen LogP) is -0.145. The van der Waals surface area contributed by atoms with Crippen LogP contribution in [-0.2, 0) is 14.2 Å². The highest BCUT2D eigenvalue weighted by atomic mass is 16.8. The molecule has 4 nitrogen and oxygen atoms in total. The highest BCUT2D eigenvalue weighted by Gasteiger charge is 2.49. The van der Waals surface area contributed by atoms with Crippen molar-refractivity contribution < 1.29 is 19.3 Å². The highest BCUT2D eigenvalue weighted by molar-refractivity contribution is 4.87. The molecular weight excluding hydrogens is 148 g/mol. The van der Waals surface area contributed by atoms with Crippen molar-refractivity contribution in [2.45, 2.75) is 38.1 Å². The topological polar surface area (TPSA) is 47.9 Å². The molecule has 0 aromatic carbocycles. The van der Waals surface area contributed by atoms with E-state index < -0.39 is 12.1 Å². The van der Waals surface area contributed by atoms with E-state index >= 15 is 0 Å². The molecule has 0 aromatic heterocycles. The molecule has 0 bridgehead atoms. The van der Waals surface area contributed by atoms with Gasteiger partial charge >= 0.3 is 0 Å². The lowest BCUT2D eigenvalue weighted by atomic mass is 10.2. The predicted molar refractivity (Wildman–Crippen MR) is 35.8 cm³/mol. The van der Waals surface area contributed by atoms with Crippen LogP contribution in [0.3, 0.4) is 0 Å². The minimum atomic E-state index is -0.818. The number of ether oxygens (including phenoxy) is 3. The summed E-state index contributed by atoms with van der Waals surface area (Å²) < 4.78 is 15.7. The maximum atomic E-state index is 9.20. The normalized spacial score (nSPS) is 47.7. The first kappa shape index (κ1) is 7.49. The molecule has 1 unspecified atom stereocenters. The number of hydrogen-bond acceptors (Lipinski definition) is 4. The van der Waals surface area contributed by atoms with E-state index in [1.54, 1.807) is 0 Å². The summed E-state index contributed by atoms with van der Waals surface area (Å²) in [6.07, 6.45) is -1.22. The van der Waals surface area contributed by atoms with Gasteiger partial charge in [0.25, 0.3) is 0 Å². The van der Waals surface area contributed by atoms with Crippen LogP contribution in [0, 0.1) is 0 Å². The second-order valence-electron chi connectivity index (χ2n) is 3.36. The molecule has 2 saturated heterocycles. The van der Waals surface area contributed by atoms with Crippen LogP contribution < -0.4 is 0 Å². The number of rotatable bonds is 0. The number of fused-ring (bicyclic) bond motifs is 1. The van der Waals surface area contributed by atoms with Crippen molar-refractivity contribution >= 4 is 0 Å². The summed E-state index contributed by atoms with van der Waals surface area (Å²) in [6.45, 7) is 4.09. The Hall–Kier alpha value is -0.160. The van der Waals surface area contributed by atoms with E-state index in [1.165, 1.54) is 0 Å². The summed E-state index contributed by atoms with van der Waals surface area (Å²) in [5.74, 6) is -0.569. The molecule has 0 aliphatic carbocycles. The van der Waals surface area contributed by atoms with Crippen molar-refractivity contribution in [3.8, 4) is 0 Å². The summed E-state index contributed by atoms with van der Waals surface area (Å²) in [5.41, 5.74) is 0. The molecule has 2 aliphatic heterocycles. The number of hydrogen-bond donors (Lipinski definition) is 1. The summed E-state index contributed by atoms with van der Waals surface area (Å²) in [7, 11) is 0. The van der Waals surface area contributed by atoms with Crippen molar-refractivity contribution in [1.82, 2.24) is 0 Å². The van der Waals surface area contributed by atoms with Gasteiger partial charge in [0.05, 0.1) is 6.61 Å². The third kappa shape index (κ3) is 1.16. The molecule has 3 atom stereocenters. The van der Waals surface area contributed by atoms with Crippen LogP contribution in [0.1, 0.15) is 13.8 Å². The molecule has 0 spiro atoms.